The van der Waals surface area contributed by atoms with Gasteiger partial charge in [0.2, 0.25) is 11.8 Å². The van der Waals surface area contributed by atoms with E-state index in [0.717, 1.165) is 36.6 Å². The van der Waals surface area contributed by atoms with Gasteiger partial charge in [0, 0.05) is 25.7 Å². The highest BCUT2D eigenvalue weighted by Gasteiger charge is 2.37. The number of aromatic nitrogens is 3. The maximum atomic E-state index is 12.6. The summed E-state index contributed by atoms with van der Waals surface area (Å²) in [5.74, 6) is 2.03. The lowest BCUT2D eigenvalue weighted by atomic mass is 9.80. The summed E-state index contributed by atoms with van der Waals surface area (Å²) < 4.78 is 43.6. The first-order valence-corrected chi connectivity index (χ1v) is 10.6. The molecule has 0 bridgehead atoms. The first-order chi connectivity index (χ1) is 15.0. The first-order valence-electron chi connectivity index (χ1n) is 10.6. The third-order valence-corrected chi connectivity index (χ3v) is 6.03. The number of fused-ring (bicyclic) bond motifs is 1. The first kappa shape index (κ1) is 30.5. The molecule has 1 N–H and O–H groups in total. The number of pyridine rings is 1. The molecule has 1 saturated carbocycles. The molecule has 1 aliphatic heterocycles. The number of amides is 1. The molecular formula is C24H36F3N5O2S. The lowest BCUT2D eigenvalue weighted by molar-refractivity contribution is -0.137. The largest absolute Gasteiger partial charge is 0.474 e. The molecule has 4 rings (SSSR count). The predicted molar refractivity (Wildman–Crippen MR) is 136 cm³/mol. The number of carbonyl (C=O) groups excluding carboxylic acids is 1. The summed E-state index contributed by atoms with van der Waals surface area (Å²) in [6.45, 7) is 5.86. The van der Waals surface area contributed by atoms with Gasteiger partial charge in [0.25, 0.3) is 0 Å². The van der Waals surface area contributed by atoms with E-state index in [-0.39, 0.29) is 58.2 Å². The molecule has 2 aromatic rings. The molecule has 1 amide bonds. The molecule has 1 aliphatic carbocycles. The average molecular weight is 516 g/mol. The minimum Gasteiger partial charge on any atom is -0.474 e. The zero-order valence-corrected chi connectivity index (χ0v) is 19.9. The normalized spacial score (nSPS) is 21.0. The molecule has 0 spiro atoms. The molecule has 1 fully saturated rings. The number of rotatable bonds is 5. The van der Waals surface area contributed by atoms with E-state index in [1.54, 1.807) is 0 Å². The van der Waals surface area contributed by atoms with Gasteiger partial charge in [-0.25, -0.2) is 15.0 Å². The Bertz CT molecular complexity index is 1010. The minimum absolute atomic E-state index is 0. The molecule has 3 heterocycles. The number of anilines is 2. The summed E-state index contributed by atoms with van der Waals surface area (Å²) in [5.41, 5.74) is 0.590. The molecule has 0 aromatic carbocycles. The van der Waals surface area contributed by atoms with Crippen LogP contribution in [0.15, 0.2) is 18.3 Å². The molecule has 2 aliphatic rings. The van der Waals surface area contributed by atoms with Gasteiger partial charge in [-0.15, -0.1) is 0 Å². The second-order valence-corrected chi connectivity index (χ2v) is 8.88. The fourth-order valence-electron chi connectivity index (χ4n) is 4.35. The number of nitrogens with zero attached hydrogens (tertiary/aromatic N) is 4. The monoisotopic (exact) mass is 515 g/mol. The summed E-state index contributed by atoms with van der Waals surface area (Å²) in [4.78, 5) is 27.4. The highest BCUT2D eigenvalue weighted by Crippen LogP contribution is 2.37. The van der Waals surface area contributed by atoms with Crippen LogP contribution in [0, 0.1) is 18.8 Å². The molecule has 2 aromatic heterocycles. The van der Waals surface area contributed by atoms with Gasteiger partial charge in [-0.2, -0.15) is 26.7 Å². The van der Waals surface area contributed by atoms with Gasteiger partial charge in [0.15, 0.2) is 5.82 Å². The van der Waals surface area contributed by atoms with Gasteiger partial charge in [0.05, 0.1) is 11.3 Å². The molecule has 35 heavy (non-hydrogen) atoms. The van der Waals surface area contributed by atoms with Crippen molar-refractivity contribution in [2.45, 2.75) is 73.2 Å². The topological polar surface area (TPSA) is 80.2 Å². The Morgan fingerprint density at radius 1 is 1.20 bits per heavy atom. The fraction of sp³-hybridized carbons (Fsp3) is 0.583. The molecule has 11 heteroatoms. The highest BCUT2D eigenvalue weighted by atomic mass is 32.1. The fourth-order valence-corrected chi connectivity index (χ4v) is 4.35. The Morgan fingerprint density at radius 3 is 2.40 bits per heavy atom. The second kappa shape index (κ2) is 11.5. The number of carbonyl (C=O) groups is 1. The summed E-state index contributed by atoms with van der Waals surface area (Å²) in [5, 5.41) is 2.94. The van der Waals surface area contributed by atoms with Crippen LogP contribution in [0.3, 0.4) is 0 Å². The summed E-state index contributed by atoms with van der Waals surface area (Å²) in [6.07, 6.45) is -1.54. The van der Waals surface area contributed by atoms with Crippen molar-refractivity contribution in [2.75, 3.05) is 17.3 Å². The number of alkyl halides is 3. The van der Waals surface area contributed by atoms with E-state index in [4.69, 9.17) is 9.72 Å². The van der Waals surface area contributed by atoms with Gasteiger partial charge in [-0.1, -0.05) is 28.7 Å². The maximum absolute atomic E-state index is 12.6. The van der Waals surface area contributed by atoms with Gasteiger partial charge in [-0.05, 0) is 37.7 Å². The lowest BCUT2D eigenvalue weighted by Gasteiger charge is -2.37. The van der Waals surface area contributed by atoms with Crippen molar-refractivity contribution in [3.63, 3.8) is 0 Å². The zero-order chi connectivity index (χ0) is 23.2. The van der Waals surface area contributed by atoms with Crippen LogP contribution >= 0.6 is 13.5 Å². The van der Waals surface area contributed by atoms with Gasteiger partial charge >= 0.3 is 6.18 Å². The van der Waals surface area contributed by atoms with E-state index < -0.39 is 11.7 Å². The SMILES string of the molecule is C.C.Cc1nc(CC2CC(Oc3ccc(C(F)(F)F)cn3)C2)nc2c1NC(=O)[C@H](C(C)C)N2C.S. The molecule has 196 valence electrons. The van der Waals surface area contributed by atoms with Crippen LogP contribution in [0.25, 0.3) is 0 Å². The Hall–Kier alpha value is -2.56. The molecule has 0 saturated heterocycles. The van der Waals surface area contributed by atoms with E-state index in [2.05, 4.69) is 15.3 Å². The molecule has 7 nitrogen and oxygen atoms in total. The van der Waals surface area contributed by atoms with E-state index in [1.807, 2.05) is 32.7 Å². The molecule has 0 radical (unpaired) electrons. The quantitative estimate of drug-likeness (QED) is 0.575. The van der Waals surface area contributed by atoms with Crippen LogP contribution in [0.2, 0.25) is 0 Å². The lowest BCUT2D eigenvalue weighted by Crippen LogP contribution is -2.50. The third kappa shape index (κ3) is 6.36. The number of halogens is 3. The van der Waals surface area contributed by atoms with Crippen molar-refractivity contribution in [3.8, 4) is 5.88 Å². The zero-order valence-electron chi connectivity index (χ0n) is 18.9. The number of hydrogen-bond donors (Lipinski definition) is 1. The Morgan fingerprint density at radius 2 is 1.86 bits per heavy atom. The Kier molecular flexibility index (Phi) is 9.97. The number of nitrogens with one attached hydrogen (secondary N) is 1. The minimum atomic E-state index is -4.41. The van der Waals surface area contributed by atoms with Crippen LogP contribution in [0.4, 0.5) is 24.7 Å². The second-order valence-electron chi connectivity index (χ2n) is 8.88. The van der Waals surface area contributed by atoms with Crippen LogP contribution in [-0.2, 0) is 17.4 Å². The Balaban J connectivity index is 0.00000204. The van der Waals surface area contributed by atoms with E-state index >= 15 is 0 Å². The summed E-state index contributed by atoms with van der Waals surface area (Å²) in [6, 6.07) is 1.94. The van der Waals surface area contributed by atoms with E-state index in [0.29, 0.717) is 23.9 Å². The van der Waals surface area contributed by atoms with Crippen molar-refractivity contribution >= 4 is 30.9 Å². The van der Waals surface area contributed by atoms with E-state index in [9.17, 15) is 18.0 Å². The predicted octanol–water partition coefficient (Wildman–Crippen LogP) is 5.40. The maximum Gasteiger partial charge on any atom is 0.417 e. The number of likely N-dealkylation sites (N-methyl/N-ethyl adjacent to an activating group) is 1. The molecule has 0 unspecified atom stereocenters. The van der Waals surface area contributed by atoms with Crippen LogP contribution < -0.4 is 15.0 Å². The highest BCUT2D eigenvalue weighted by molar-refractivity contribution is 7.59. The third-order valence-electron chi connectivity index (χ3n) is 6.03. The van der Waals surface area contributed by atoms with Crippen LogP contribution in [-0.4, -0.2) is 40.1 Å². The number of hydrogen-bond acceptors (Lipinski definition) is 6. The molecule has 1 atom stereocenters. The van der Waals surface area contributed by atoms with Gasteiger partial charge < -0.3 is 15.0 Å². The van der Waals surface area contributed by atoms with Crippen molar-refractivity contribution in [3.05, 3.63) is 35.4 Å². The Labute approximate surface area is 212 Å². The summed E-state index contributed by atoms with van der Waals surface area (Å²) >= 11 is 0. The molecular weight excluding hydrogens is 479 g/mol. The van der Waals surface area contributed by atoms with Gasteiger partial charge in [-0.3, -0.25) is 4.79 Å². The van der Waals surface area contributed by atoms with Crippen LogP contribution in [0.1, 0.15) is 58.6 Å². The van der Waals surface area contributed by atoms with Gasteiger partial charge in [0.1, 0.15) is 23.7 Å². The smallest absolute Gasteiger partial charge is 0.417 e. The summed E-state index contributed by atoms with van der Waals surface area (Å²) in [7, 11) is 1.88. The number of ether oxygens (including phenoxy) is 1. The standard InChI is InChI=1S/C22H26F3N5O2.2CH4.H2S/c1-11(2)19-21(31)29-18-12(3)27-16(28-20(18)30(19)4)9-13-7-15(8-13)32-17-6-5-14(10-26-17)22(23,24)25;;;/h5-6,10-11,13,15,19H,7-9H2,1-4H3,(H,29,31);2*1H4;1H2/t13?,15?,19-;;;/m0.../s1. The van der Waals surface area contributed by atoms with Crippen molar-refractivity contribution < 1.29 is 22.7 Å². The number of aryl methyl sites for hydroxylation is 1. The van der Waals surface area contributed by atoms with Crippen molar-refractivity contribution in [1.82, 2.24) is 15.0 Å². The van der Waals surface area contributed by atoms with Crippen LogP contribution in [0.5, 0.6) is 5.88 Å². The van der Waals surface area contributed by atoms with Crippen molar-refractivity contribution in [1.29, 1.82) is 0 Å². The van der Waals surface area contributed by atoms with Crippen molar-refractivity contribution in [2.24, 2.45) is 11.8 Å². The van der Waals surface area contributed by atoms with E-state index in [1.165, 1.54) is 6.07 Å². The average Bonchev–Trinajstić information content (AvgIpc) is 2.67.